The maximum absolute atomic E-state index is 12.4. The van der Waals surface area contributed by atoms with Crippen LogP contribution in [0.3, 0.4) is 0 Å². The third-order valence-corrected chi connectivity index (χ3v) is 4.40. The number of allylic oxidation sites excluding steroid dienone is 1. The van der Waals surface area contributed by atoms with E-state index >= 15 is 0 Å². The number of methoxy groups -OCH3 is 1. The lowest BCUT2D eigenvalue weighted by Crippen LogP contribution is -2.33. The third-order valence-electron chi connectivity index (χ3n) is 4.40. The van der Waals surface area contributed by atoms with Crippen molar-refractivity contribution in [2.45, 2.75) is 44.6 Å². The molecular formula is C14H18O4. The Kier molecular flexibility index (Phi) is 2.88. The summed E-state index contributed by atoms with van der Waals surface area (Å²) in [5.41, 5.74) is 0.807. The number of ketones is 1. The van der Waals surface area contributed by atoms with Crippen molar-refractivity contribution >= 4 is 11.8 Å². The van der Waals surface area contributed by atoms with Crippen molar-refractivity contribution in [2.24, 2.45) is 11.8 Å². The van der Waals surface area contributed by atoms with E-state index in [1.807, 2.05) is 0 Å². The van der Waals surface area contributed by atoms with Gasteiger partial charge in [-0.2, -0.15) is 0 Å². The Morgan fingerprint density at radius 3 is 2.83 bits per heavy atom. The summed E-state index contributed by atoms with van der Waals surface area (Å²) in [4.78, 5) is 24.0. The summed E-state index contributed by atoms with van der Waals surface area (Å²) in [5.74, 6) is 0.0482. The molecule has 3 atom stereocenters. The zero-order chi connectivity index (χ0) is 12.7. The largest absolute Gasteiger partial charge is 0.494 e. The van der Waals surface area contributed by atoms with E-state index in [4.69, 9.17) is 9.47 Å². The first kappa shape index (κ1) is 11.8. The minimum atomic E-state index is -0.599. The molecule has 98 valence electrons. The number of Topliss-reactive ketones (excluding diaryl/α,β-unsaturated/α-hetero) is 1. The fourth-order valence-corrected chi connectivity index (χ4v) is 3.50. The molecule has 1 unspecified atom stereocenters. The van der Waals surface area contributed by atoms with Gasteiger partial charge in [-0.3, -0.25) is 9.59 Å². The molecule has 2 aliphatic carbocycles. The van der Waals surface area contributed by atoms with Gasteiger partial charge < -0.3 is 9.47 Å². The lowest BCUT2D eigenvalue weighted by molar-refractivity contribution is -0.149. The number of carbonyl (C=O) groups excluding carboxylic acids is 2. The molecule has 4 nitrogen and oxygen atoms in total. The molecule has 1 saturated carbocycles. The second kappa shape index (κ2) is 4.41. The van der Waals surface area contributed by atoms with Crippen molar-refractivity contribution in [3.63, 3.8) is 0 Å². The summed E-state index contributed by atoms with van der Waals surface area (Å²) in [6.07, 6.45) is 5.80. The van der Waals surface area contributed by atoms with E-state index in [0.717, 1.165) is 30.6 Å². The molecule has 1 fully saturated rings. The SMILES string of the molecule is COC(=O)C1CCC2=C(C1=O)[C@@H]1CCCC[C@@H]1O2. The van der Waals surface area contributed by atoms with Crippen LogP contribution in [-0.2, 0) is 19.1 Å². The van der Waals surface area contributed by atoms with E-state index in [1.54, 1.807) is 0 Å². The maximum Gasteiger partial charge on any atom is 0.316 e. The monoisotopic (exact) mass is 250 g/mol. The third kappa shape index (κ3) is 1.66. The number of esters is 1. The fourth-order valence-electron chi connectivity index (χ4n) is 3.50. The normalized spacial score (nSPS) is 34.7. The summed E-state index contributed by atoms with van der Waals surface area (Å²) < 4.78 is 10.6. The summed E-state index contributed by atoms with van der Waals surface area (Å²) in [6.45, 7) is 0. The predicted octanol–water partition coefficient (Wildman–Crippen LogP) is 1.98. The van der Waals surface area contributed by atoms with Crippen LogP contribution >= 0.6 is 0 Å². The van der Waals surface area contributed by atoms with Crippen molar-refractivity contribution in [2.75, 3.05) is 7.11 Å². The van der Waals surface area contributed by atoms with E-state index in [-0.39, 0.29) is 17.8 Å². The first-order valence-corrected chi connectivity index (χ1v) is 6.74. The molecule has 3 rings (SSSR count). The predicted molar refractivity (Wildman–Crippen MR) is 63.6 cm³/mol. The lowest BCUT2D eigenvalue weighted by Gasteiger charge is -2.26. The quantitative estimate of drug-likeness (QED) is 0.527. The number of rotatable bonds is 1. The average molecular weight is 250 g/mol. The van der Waals surface area contributed by atoms with Crippen LogP contribution in [0.5, 0.6) is 0 Å². The van der Waals surface area contributed by atoms with Gasteiger partial charge in [0.15, 0.2) is 5.78 Å². The molecule has 0 aromatic rings. The standard InChI is InChI=1S/C14H18O4/c1-17-14(16)9-6-7-11-12(13(9)15)8-4-2-3-5-10(8)18-11/h8-10H,2-7H2,1H3/t8-,9?,10+/m1/s1. The van der Waals surface area contributed by atoms with E-state index < -0.39 is 11.9 Å². The number of hydrogen-bond acceptors (Lipinski definition) is 4. The highest BCUT2D eigenvalue weighted by Crippen LogP contribution is 2.45. The van der Waals surface area contributed by atoms with Gasteiger partial charge in [0, 0.05) is 17.9 Å². The molecule has 0 radical (unpaired) electrons. The molecular weight excluding hydrogens is 232 g/mol. The minimum absolute atomic E-state index is 0.0440. The Morgan fingerprint density at radius 1 is 1.28 bits per heavy atom. The van der Waals surface area contributed by atoms with Crippen LogP contribution in [-0.4, -0.2) is 25.0 Å². The topological polar surface area (TPSA) is 52.6 Å². The van der Waals surface area contributed by atoms with E-state index in [2.05, 4.69) is 0 Å². The van der Waals surface area contributed by atoms with Gasteiger partial charge in [0.05, 0.1) is 7.11 Å². The van der Waals surface area contributed by atoms with E-state index in [1.165, 1.54) is 13.5 Å². The highest BCUT2D eigenvalue weighted by molar-refractivity contribution is 6.09. The van der Waals surface area contributed by atoms with Crippen LogP contribution in [0.15, 0.2) is 11.3 Å². The van der Waals surface area contributed by atoms with Crippen LogP contribution in [0.2, 0.25) is 0 Å². The molecule has 0 aromatic heterocycles. The first-order valence-electron chi connectivity index (χ1n) is 6.74. The Morgan fingerprint density at radius 2 is 2.06 bits per heavy atom. The molecule has 0 aromatic carbocycles. The molecule has 0 spiro atoms. The van der Waals surface area contributed by atoms with E-state index in [9.17, 15) is 9.59 Å². The van der Waals surface area contributed by atoms with Crippen molar-refractivity contribution in [3.8, 4) is 0 Å². The number of carbonyl (C=O) groups is 2. The van der Waals surface area contributed by atoms with Crippen LogP contribution in [0.1, 0.15) is 38.5 Å². The summed E-state index contributed by atoms with van der Waals surface area (Å²) >= 11 is 0. The van der Waals surface area contributed by atoms with Gasteiger partial charge in [-0.25, -0.2) is 0 Å². The van der Waals surface area contributed by atoms with Crippen LogP contribution in [0.4, 0.5) is 0 Å². The van der Waals surface area contributed by atoms with Crippen molar-refractivity contribution in [3.05, 3.63) is 11.3 Å². The van der Waals surface area contributed by atoms with Gasteiger partial charge >= 0.3 is 5.97 Å². The van der Waals surface area contributed by atoms with Crippen molar-refractivity contribution in [1.82, 2.24) is 0 Å². The first-order chi connectivity index (χ1) is 8.72. The minimum Gasteiger partial charge on any atom is -0.494 e. The van der Waals surface area contributed by atoms with Crippen LogP contribution in [0.25, 0.3) is 0 Å². The molecule has 1 heterocycles. The Bertz CT molecular complexity index is 424. The molecule has 0 saturated heterocycles. The summed E-state index contributed by atoms with van der Waals surface area (Å²) in [5, 5.41) is 0. The molecule has 0 bridgehead atoms. The van der Waals surface area contributed by atoms with Crippen molar-refractivity contribution in [1.29, 1.82) is 0 Å². The summed E-state index contributed by atoms with van der Waals surface area (Å²) in [6, 6.07) is 0. The highest BCUT2D eigenvalue weighted by atomic mass is 16.5. The Labute approximate surface area is 106 Å². The fraction of sp³-hybridized carbons (Fsp3) is 0.714. The molecule has 0 N–H and O–H groups in total. The second-order valence-corrected chi connectivity index (χ2v) is 5.36. The second-order valence-electron chi connectivity index (χ2n) is 5.36. The average Bonchev–Trinajstić information content (AvgIpc) is 2.77. The van der Waals surface area contributed by atoms with Crippen molar-refractivity contribution < 1.29 is 19.1 Å². The van der Waals surface area contributed by atoms with Crippen LogP contribution < -0.4 is 0 Å². The zero-order valence-electron chi connectivity index (χ0n) is 10.6. The summed E-state index contributed by atoms with van der Waals surface area (Å²) in [7, 11) is 1.34. The van der Waals surface area contributed by atoms with E-state index in [0.29, 0.717) is 12.8 Å². The zero-order valence-corrected chi connectivity index (χ0v) is 10.6. The van der Waals surface area contributed by atoms with Gasteiger partial charge in [-0.15, -0.1) is 0 Å². The number of hydrogen-bond donors (Lipinski definition) is 0. The highest BCUT2D eigenvalue weighted by Gasteiger charge is 2.47. The van der Waals surface area contributed by atoms with Gasteiger partial charge in [0.1, 0.15) is 17.8 Å². The smallest absolute Gasteiger partial charge is 0.316 e. The van der Waals surface area contributed by atoms with Gasteiger partial charge in [-0.1, -0.05) is 6.42 Å². The number of ether oxygens (including phenoxy) is 2. The molecule has 3 aliphatic rings. The molecule has 0 amide bonds. The Hall–Kier alpha value is -1.32. The van der Waals surface area contributed by atoms with Crippen LogP contribution in [0, 0.1) is 11.8 Å². The Balaban J connectivity index is 1.87. The van der Waals surface area contributed by atoms with Gasteiger partial charge in [-0.05, 0) is 25.7 Å². The molecule has 18 heavy (non-hydrogen) atoms. The number of fused-ring (bicyclic) bond motifs is 2. The maximum atomic E-state index is 12.4. The molecule has 4 heteroatoms. The molecule has 1 aliphatic heterocycles. The van der Waals surface area contributed by atoms with Gasteiger partial charge in [0.25, 0.3) is 0 Å². The van der Waals surface area contributed by atoms with Gasteiger partial charge in [0.2, 0.25) is 0 Å². The lowest BCUT2D eigenvalue weighted by atomic mass is 9.76.